The Morgan fingerprint density at radius 3 is 2.84 bits per heavy atom. The molecule has 1 atom stereocenters. The molecule has 102 valence electrons. The van der Waals surface area contributed by atoms with Crippen molar-refractivity contribution < 1.29 is 19.4 Å². The third kappa shape index (κ3) is 3.29. The number of aromatic nitrogens is 1. The Morgan fingerprint density at radius 1 is 1.47 bits per heavy atom. The normalized spacial score (nSPS) is 22.2. The number of hydrogen-bond donors (Lipinski definition) is 2. The standard InChI is InChI=1S/C13H16N2O4/c1-13(5-6-19-8-13)7-14-11(16)9-3-2-4-10(15-9)12(17)18/h2-4H,5-8H2,1H3,(H,14,16)(H,17,18). The number of nitrogens with zero attached hydrogens (tertiary/aromatic N) is 1. The van der Waals surface area contributed by atoms with Crippen LogP contribution in [0.25, 0.3) is 0 Å². The molecule has 0 bridgehead atoms. The summed E-state index contributed by atoms with van der Waals surface area (Å²) >= 11 is 0. The lowest BCUT2D eigenvalue weighted by Gasteiger charge is -2.21. The van der Waals surface area contributed by atoms with Crippen molar-refractivity contribution in [2.75, 3.05) is 19.8 Å². The van der Waals surface area contributed by atoms with E-state index in [9.17, 15) is 9.59 Å². The molecule has 1 saturated heterocycles. The largest absolute Gasteiger partial charge is 0.477 e. The fourth-order valence-corrected chi connectivity index (χ4v) is 1.91. The highest BCUT2D eigenvalue weighted by molar-refractivity contribution is 5.94. The predicted octanol–water partition coefficient (Wildman–Crippen LogP) is 0.936. The van der Waals surface area contributed by atoms with E-state index >= 15 is 0 Å². The summed E-state index contributed by atoms with van der Waals surface area (Å²) in [6.45, 7) is 3.86. The van der Waals surface area contributed by atoms with Gasteiger partial charge in [-0.3, -0.25) is 4.79 Å². The molecule has 0 spiro atoms. The first-order valence-corrected chi connectivity index (χ1v) is 6.06. The molecule has 2 heterocycles. The van der Waals surface area contributed by atoms with E-state index in [1.165, 1.54) is 18.2 Å². The zero-order chi connectivity index (χ0) is 13.9. The lowest BCUT2D eigenvalue weighted by Crippen LogP contribution is -2.36. The molecule has 1 unspecified atom stereocenters. The van der Waals surface area contributed by atoms with E-state index in [2.05, 4.69) is 10.3 Å². The van der Waals surface area contributed by atoms with Crippen LogP contribution < -0.4 is 5.32 Å². The van der Waals surface area contributed by atoms with Gasteiger partial charge in [0.2, 0.25) is 0 Å². The van der Waals surface area contributed by atoms with Crippen LogP contribution in [0.5, 0.6) is 0 Å². The van der Waals surface area contributed by atoms with Gasteiger partial charge in [0.1, 0.15) is 11.4 Å². The maximum absolute atomic E-state index is 11.9. The summed E-state index contributed by atoms with van der Waals surface area (Å²) < 4.78 is 5.30. The molecule has 2 rings (SSSR count). The smallest absolute Gasteiger partial charge is 0.354 e. The zero-order valence-corrected chi connectivity index (χ0v) is 10.7. The predicted molar refractivity (Wildman–Crippen MR) is 67.1 cm³/mol. The lowest BCUT2D eigenvalue weighted by atomic mass is 9.90. The van der Waals surface area contributed by atoms with Gasteiger partial charge in [-0.25, -0.2) is 9.78 Å². The molecule has 6 nitrogen and oxygen atoms in total. The molecule has 2 N–H and O–H groups in total. The summed E-state index contributed by atoms with van der Waals surface area (Å²) in [7, 11) is 0. The van der Waals surface area contributed by atoms with Crippen molar-refractivity contribution in [1.82, 2.24) is 10.3 Å². The minimum Gasteiger partial charge on any atom is -0.477 e. The van der Waals surface area contributed by atoms with Gasteiger partial charge in [0, 0.05) is 18.6 Å². The number of amides is 1. The van der Waals surface area contributed by atoms with Gasteiger partial charge in [-0.1, -0.05) is 13.0 Å². The van der Waals surface area contributed by atoms with Gasteiger partial charge in [0.05, 0.1) is 6.61 Å². The van der Waals surface area contributed by atoms with Crippen LogP contribution in [0.15, 0.2) is 18.2 Å². The van der Waals surface area contributed by atoms with E-state index in [1.54, 1.807) is 0 Å². The Morgan fingerprint density at radius 2 is 2.21 bits per heavy atom. The number of aromatic carboxylic acids is 1. The van der Waals surface area contributed by atoms with Crippen molar-refractivity contribution in [1.29, 1.82) is 0 Å². The number of carbonyl (C=O) groups is 2. The SMILES string of the molecule is CC1(CNC(=O)c2cccc(C(=O)O)n2)CCOC1. The van der Waals surface area contributed by atoms with Crippen LogP contribution in [0.3, 0.4) is 0 Å². The second-order valence-corrected chi connectivity index (χ2v) is 5.01. The van der Waals surface area contributed by atoms with Gasteiger partial charge in [-0.15, -0.1) is 0 Å². The summed E-state index contributed by atoms with van der Waals surface area (Å²) in [5.41, 5.74) is -0.0782. The Balaban J connectivity index is 1.99. The van der Waals surface area contributed by atoms with Crippen LogP contribution >= 0.6 is 0 Å². The average Bonchev–Trinajstić information content (AvgIpc) is 2.83. The van der Waals surface area contributed by atoms with Gasteiger partial charge in [0.15, 0.2) is 0 Å². The fourth-order valence-electron chi connectivity index (χ4n) is 1.91. The van der Waals surface area contributed by atoms with Crippen molar-refractivity contribution in [2.24, 2.45) is 5.41 Å². The molecular weight excluding hydrogens is 248 g/mol. The van der Waals surface area contributed by atoms with E-state index in [4.69, 9.17) is 9.84 Å². The maximum atomic E-state index is 11.9. The van der Waals surface area contributed by atoms with Crippen molar-refractivity contribution in [3.05, 3.63) is 29.6 Å². The van der Waals surface area contributed by atoms with Crippen LogP contribution in [0.4, 0.5) is 0 Å². The summed E-state index contributed by atoms with van der Waals surface area (Å²) in [6.07, 6.45) is 0.899. The zero-order valence-electron chi connectivity index (χ0n) is 10.7. The van der Waals surface area contributed by atoms with E-state index in [0.717, 1.165) is 6.42 Å². The lowest BCUT2D eigenvalue weighted by molar-refractivity contribution is 0.0690. The highest BCUT2D eigenvalue weighted by Gasteiger charge is 2.30. The molecule has 1 aliphatic heterocycles. The van der Waals surface area contributed by atoms with E-state index < -0.39 is 5.97 Å². The first-order valence-electron chi connectivity index (χ1n) is 6.06. The Kier molecular flexibility index (Phi) is 3.80. The van der Waals surface area contributed by atoms with Gasteiger partial charge in [0.25, 0.3) is 5.91 Å². The van der Waals surface area contributed by atoms with Crippen LogP contribution in [0, 0.1) is 5.41 Å². The first-order chi connectivity index (χ1) is 9.00. The third-order valence-corrected chi connectivity index (χ3v) is 3.18. The maximum Gasteiger partial charge on any atom is 0.354 e. The van der Waals surface area contributed by atoms with Gasteiger partial charge < -0.3 is 15.2 Å². The van der Waals surface area contributed by atoms with Gasteiger partial charge >= 0.3 is 5.97 Å². The van der Waals surface area contributed by atoms with E-state index in [1.807, 2.05) is 6.92 Å². The van der Waals surface area contributed by atoms with Gasteiger partial charge in [-0.05, 0) is 18.6 Å². The minimum atomic E-state index is -1.15. The monoisotopic (exact) mass is 264 g/mol. The van der Waals surface area contributed by atoms with E-state index in [-0.39, 0.29) is 22.7 Å². The molecule has 1 aromatic rings. The number of ether oxygens (including phenoxy) is 1. The van der Waals surface area contributed by atoms with Crippen molar-refractivity contribution in [2.45, 2.75) is 13.3 Å². The number of hydrogen-bond acceptors (Lipinski definition) is 4. The quantitative estimate of drug-likeness (QED) is 0.844. The van der Waals surface area contributed by atoms with E-state index in [0.29, 0.717) is 19.8 Å². The summed E-state index contributed by atoms with van der Waals surface area (Å²) in [5.74, 6) is -1.51. The Labute approximate surface area is 110 Å². The number of rotatable bonds is 4. The molecule has 0 radical (unpaired) electrons. The second-order valence-electron chi connectivity index (χ2n) is 5.01. The summed E-state index contributed by atoms with van der Waals surface area (Å²) in [5, 5.41) is 11.6. The molecule has 0 aliphatic carbocycles. The molecule has 19 heavy (non-hydrogen) atoms. The number of carbonyl (C=O) groups excluding carboxylic acids is 1. The number of pyridine rings is 1. The molecule has 1 amide bonds. The molecular formula is C13H16N2O4. The molecule has 6 heteroatoms. The minimum absolute atomic E-state index is 0.0555. The fraction of sp³-hybridized carbons (Fsp3) is 0.462. The average molecular weight is 264 g/mol. The first kappa shape index (κ1) is 13.5. The molecule has 0 saturated carbocycles. The van der Waals surface area contributed by atoms with Crippen molar-refractivity contribution in [3.8, 4) is 0 Å². The Hall–Kier alpha value is -1.95. The Bertz CT molecular complexity index is 495. The van der Waals surface area contributed by atoms with Gasteiger partial charge in [-0.2, -0.15) is 0 Å². The topological polar surface area (TPSA) is 88.5 Å². The summed E-state index contributed by atoms with van der Waals surface area (Å²) in [4.78, 5) is 26.5. The number of carboxylic acids is 1. The van der Waals surface area contributed by atoms with Crippen LogP contribution in [0.2, 0.25) is 0 Å². The molecule has 1 fully saturated rings. The highest BCUT2D eigenvalue weighted by Crippen LogP contribution is 2.26. The molecule has 1 aliphatic rings. The second kappa shape index (κ2) is 5.36. The van der Waals surface area contributed by atoms with Crippen LogP contribution in [-0.2, 0) is 4.74 Å². The summed E-state index contributed by atoms with van der Waals surface area (Å²) in [6, 6.07) is 4.35. The van der Waals surface area contributed by atoms with Crippen molar-refractivity contribution >= 4 is 11.9 Å². The van der Waals surface area contributed by atoms with Crippen LogP contribution in [0.1, 0.15) is 34.3 Å². The van der Waals surface area contributed by atoms with Crippen LogP contribution in [-0.4, -0.2) is 41.7 Å². The highest BCUT2D eigenvalue weighted by atomic mass is 16.5. The third-order valence-electron chi connectivity index (χ3n) is 3.18. The van der Waals surface area contributed by atoms with Crippen molar-refractivity contribution in [3.63, 3.8) is 0 Å². The number of nitrogens with one attached hydrogen (secondary N) is 1. The molecule has 1 aromatic heterocycles. The molecule has 0 aromatic carbocycles. The number of carboxylic acid groups (broad SMARTS) is 1.